The Labute approximate surface area is 106 Å². The monoisotopic (exact) mass is 244 g/mol. The lowest BCUT2D eigenvalue weighted by molar-refractivity contribution is 0.0186. The SMILES string of the molecule is C=COCCOCCOCC(CC)CCCC. The van der Waals surface area contributed by atoms with Crippen molar-refractivity contribution >= 4 is 0 Å². The third-order valence-electron chi connectivity index (χ3n) is 2.73. The van der Waals surface area contributed by atoms with Gasteiger partial charge in [-0.25, -0.2) is 0 Å². The molecule has 1 atom stereocenters. The van der Waals surface area contributed by atoms with Crippen LogP contribution < -0.4 is 0 Å². The molecule has 0 rings (SSSR count). The van der Waals surface area contributed by atoms with Gasteiger partial charge in [-0.3, -0.25) is 0 Å². The smallest absolute Gasteiger partial charge is 0.111 e. The molecule has 0 amide bonds. The fraction of sp³-hybridized carbons (Fsp3) is 0.857. The molecule has 0 saturated heterocycles. The molecule has 3 heteroatoms. The molecular formula is C14H28O3. The van der Waals surface area contributed by atoms with E-state index in [4.69, 9.17) is 14.2 Å². The van der Waals surface area contributed by atoms with Gasteiger partial charge in [-0.15, -0.1) is 0 Å². The van der Waals surface area contributed by atoms with Crippen molar-refractivity contribution in [3.8, 4) is 0 Å². The van der Waals surface area contributed by atoms with Crippen molar-refractivity contribution in [2.75, 3.05) is 33.0 Å². The van der Waals surface area contributed by atoms with E-state index in [-0.39, 0.29) is 0 Å². The van der Waals surface area contributed by atoms with Crippen LogP contribution in [0.2, 0.25) is 0 Å². The lowest BCUT2D eigenvalue weighted by Gasteiger charge is -2.14. The number of ether oxygens (including phenoxy) is 3. The molecule has 0 saturated carbocycles. The highest BCUT2D eigenvalue weighted by Gasteiger charge is 2.05. The normalized spacial score (nSPS) is 12.4. The van der Waals surface area contributed by atoms with Gasteiger partial charge in [0.2, 0.25) is 0 Å². The van der Waals surface area contributed by atoms with Crippen molar-refractivity contribution in [1.29, 1.82) is 0 Å². The lowest BCUT2D eigenvalue weighted by atomic mass is 10.0. The summed E-state index contributed by atoms with van der Waals surface area (Å²) >= 11 is 0. The summed E-state index contributed by atoms with van der Waals surface area (Å²) in [6.07, 6.45) is 6.48. The van der Waals surface area contributed by atoms with Gasteiger partial charge >= 0.3 is 0 Å². The van der Waals surface area contributed by atoms with Crippen molar-refractivity contribution in [2.45, 2.75) is 39.5 Å². The Bertz CT molecular complexity index is 160. The summed E-state index contributed by atoms with van der Waals surface area (Å²) < 4.78 is 15.9. The minimum atomic E-state index is 0.567. The molecule has 0 aromatic carbocycles. The van der Waals surface area contributed by atoms with E-state index in [0.717, 1.165) is 6.61 Å². The molecule has 0 aliphatic rings. The first-order valence-electron chi connectivity index (χ1n) is 6.73. The van der Waals surface area contributed by atoms with Crippen molar-refractivity contribution in [2.24, 2.45) is 5.92 Å². The molecule has 0 spiro atoms. The number of hydrogen-bond acceptors (Lipinski definition) is 3. The Kier molecular flexibility index (Phi) is 13.1. The van der Waals surface area contributed by atoms with Gasteiger partial charge in [0.25, 0.3) is 0 Å². The van der Waals surface area contributed by atoms with Gasteiger partial charge in [0, 0.05) is 6.61 Å². The quantitative estimate of drug-likeness (QED) is 0.367. The summed E-state index contributed by atoms with van der Waals surface area (Å²) in [6, 6.07) is 0. The van der Waals surface area contributed by atoms with E-state index >= 15 is 0 Å². The standard InChI is InChI=1S/C14H28O3/c1-4-7-8-14(5-2)13-17-12-11-16-10-9-15-6-3/h6,14H,3-5,7-13H2,1-2H3. The Balaban J connectivity index is 3.21. The molecule has 0 fully saturated rings. The average Bonchev–Trinajstić information content (AvgIpc) is 2.36. The van der Waals surface area contributed by atoms with E-state index in [1.807, 2.05) is 0 Å². The van der Waals surface area contributed by atoms with Gasteiger partial charge in [0.05, 0.1) is 26.1 Å². The maximum Gasteiger partial charge on any atom is 0.111 e. The zero-order chi connectivity index (χ0) is 12.8. The fourth-order valence-electron chi connectivity index (χ4n) is 1.56. The van der Waals surface area contributed by atoms with Crippen LogP contribution >= 0.6 is 0 Å². The zero-order valence-corrected chi connectivity index (χ0v) is 11.5. The van der Waals surface area contributed by atoms with E-state index in [1.54, 1.807) is 0 Å². The van der Waals surface area contributed by atoms with Crippen molar-refractivity contribution in [3.05, 3.63) is 12.8 Å². The van der Waals surface area contributed by atoms with Crippen LogP contribution in [0.15, 0.2) is 12.8 Å². The number of unbranched alkanes of at least 4 members (excludes halogenated alkanes) is 1. The molecule has 0 aromatic rings. The Hall–Kier alpha value is -0.540. The Morgan fingerprint density at radius 2 is 1.76 bits per heavy atom. The minimum absolute atomic E-state index is 0.567. The lowest BCUT2D eigenvalue weighted by Crippen LogP contribution is -2.13. The van der Waals surface area contributed by atoms with Gasteiger partial charge in [0.15, 0.2) is 0 Å². The maximum atomic E-state index is 5.60. The van der Waals surface area contributed by atoms with Crippen LogP contribution in [-0.2, 0) is 14.2 Å². The second kappa shape index (κ2) is 13.5. The Morgan fingerprint density at radius 3 is 2.41 bits per heavy atom. The van der Waals surface area contributed by atoms with E-state index in [1.165, 1.54) is 31.9 Å². The predicted octanol–water partition coefficient (Wildman–Crippen LogP) is 3.40. The molecular weight excluding hydrogens is 216 g/mol. The molecule has 17 heavy (non-hydrogen) atoms. The van der Waals surface area contributed by atoms with E-state index < -0.39 is 0 Å². The maximum absolute atomic E-state index is 5.60. The van der Waals surface area contributed by atoms with E-state index in [0.29, 0.717) is 32.3 Å². The van der Waals surface area contributed by atoms with Crippen LogP contribution in [0.3, 0.4) is 0 Å². The topological polar surface area (TPSA) is 27.7 Å². The summed E-state index contributed by atoms with van der Waals surface area (Å²) in [5.74, 6) is 0.707. The molecule has 0 aromatic heterocycles. The van der Waals surface area contributed by atoms with Crippen molar-refractivity contribution in [1.82, 2.24) is 0 Å². The highest BCUT2D eigenvalue weighted by molar-refractivity contribution is 4.55. The molecule has 0 radical (unpaired) electrons. The van der Waals surface area contributed by atoms with Crippen LogP contribution in [0.4, 0.5) is 0 Å². The zero-order valence-electron chi connectivity index (χ0n) is 11.5. The fourth-order valence-corrected chi connectivity index (χ4v) is 1.56. The first kappa shape index (κ1) is 16.5. The molecule has 0 bridgehead atoms. The second-order valence-corrected chi connectivity index (χ2v) is 4.14. The van der Waals surface area contributed by atoms with E-state index in [9.17, 15) is 0 Å². The van der Waals surface area contributed by atoms with Crippen LogP contribution in [0.1, 0.15) is 39.5 Å². The predicted molar refractivity (Wildman–Crippen MR) is 71.1 cm³/mol. The van der Waals surface area contributed by atoms with Gasteiger partial charge in [-0.2, -0.15) is 0 Å². The highest BCUT2D eigenvalue weighted by Crippen LogP contribution is 2.12. The number of hydrogen-bond donors (Lipinski definition) is 0. The molecule has 0 heterocycles. The first-order valence-corrected chi connectivity index (χ1v) is 6.73. The third-order valence-corrected chi connectivity index (χ3v) is 2.73. The van der Waals surface area contributed by atoms with Crippen LogP contribution in [-0.4, -0.2) is 33.0 Å². The van der Waals surface area contributed by atoms with E-state index in [2.05, 4.69) is 20.4 Å². The van der Waals surface area contributed by atoms with Crippen LogP contribution in [0.25, 0.3) is 0 Å². The Morgan fingerprint density at radius 1 is 1.06 bits per heavy atom. The molecule has 0 aliphatic heterocycles. The minimum Gasteiger partial charge on any atom is -0.499 e. The second-order valence-electron chi connectivity index (χ2n) is 4.14. The molecule has 1 unspecified atom stereocenters. The molecule has 0 aliphatic carbocycles. The molecule has 0 N–H and O–H groups in total. The summed E-state index contributed by atoms with van der Waals surface area (Å²) in [7, 11) is 0. The van der Waals surface area contributed by atoms with Crippen molar-refractivity contribution in [3.63, 3.8) is 0 Å². The van der Waals surface area contributed by atoms with Crippen LogP contribution in [0.5, 0.6) is 0 Å². The first-order chi connectivity index (χ1) is 8.35. The largest absolute Gasteiger partial charge is 0.499 e. The highest BCUT2D eigenvalue weighted by atomic mass is 16.5. The van der Waals surface area contributed by atoms with Crippen molar-refractivity contribution < 1.29 is 14.2 Å². The summed E-state index contributed by atoms with van der Waals surface area (Å²) in [5, 5.41) is 0. The van der Waals surface area contributed by atoms with Gasteiger partial charge in [-0.05, 0) is 12.3 Å². The third kappa shape index (κ3) is 11.7. The molecule has 102 valence electrons. The number of rotatable bonds is 13. The van der Waals surface area contributed by atoms with Gasteiger partial charge < -0.3 is 14.2 Å². The van der Waals surface area contributed by atoms with Crippen LogP contribution in [0, 0.1) is 5.92 Å². The van der Waals surface area contributed by atoms with Gasteiger partial charge in [0.1, 0.15) is 6.61 Å². The molecule has 3 nitrogen and oxygen atoms in total. The summed E-state index contributed by atoms with van der Waals surface area (Å²) in [6.45, 7) is 11.3. The average molecular weight is 244 g/mol. The van der Waals surface area contributed by atoms with Gasteiger partial charge in [-0.1, -0.05) is 39.7 Å². The summed E-state index contributed by atoms with van der Waals surface area (Å²) in [4.78, 5) is 0. The summed E-state index contributed by atoms with van der Waals surface area (Å²) in [5.41, 5.74) is 0.